The van der Waals surface area contributed by atoms with Crippen LogP contribution in [0.4, 0.5) is 0 Å². The molecule has 1 atom stereocenters. The summed E-state index contributed by atoms with van der Waals surface area (Å²) in [4.78, 5) is 27.1. The minimum atomic E-state index is -0.624. The second-order valence-corrected chi connectivity index (χ2v) is 7.60. The van der Waals surface area contributed by atoms with E-state index in [4.69, 9.17) is 23.2 Å². The molecule has 2 amide bonds. The smallest absolute Gasteiger partial charge is 0.242 e. The van der Waals surface area contributed by atoms with Gasteiger partial charge in [0.1, 0.15) is 6.04 Å². The number of nitrogens with one attached hydrogen (secondary N) is 1. The fraction of sp³-hybridized carbons (Fsp3) is 0.333. The summed E-state index contributed by atoms with van der Waals surface area (Å²) >= 11 is 12.3. The van der Waals surface area contributed by atoms with Gasteiger partial charge in [0.15, 0.2) is 0 Å². The van der Waals surface area contributed by atoms with Crippen molar-refractivity contribution in [2.45, 2.75) is 45.8 Å². The minimum Gasteiger partial charge on any atom is -0.352 e. The summed E-state index contributed by atoms with van der Waals surface area (Å²) in [6.07, 6.45) is 0.125. The normalized spacial score (nSPS) is 11.9. The van der Waals surface area contributed by atoms with Gasteiger partial charge in [0.2, 0.25) is 11.8 Å². The molecule has 4 nitrogen and oxygen atoms in total. The van der Waals surface area contributed by atoms with Crippen LogP contribution < -0.4 is 5.32 Å². The lowest BCUT2D eigenvalue weighted by Crippen LogP contribution is -2.49. The van der Waals surface area contributed by atoms with Gasteiger partial charge in [0.25, 0.3) is 0 Å². The number of nitrogens with zero attached hydrogens (tertiary/aromatic N) is 1. The predicted octanol–water partition coefficient (Wildman–Crippen LogP) is 4.48. The van der Waals surface area contributed by atoms with Gasteiger partial charge in [0, 0.05) is 22.6 Å². The maximum atomic E-state index is 13.0. The molecule has 2 rings (SSSR count). The molecular weight excluding hydrogens is 383 g/mol. The van der Waals surface area contributed by atoms with Crippen LogP contribution in [0, 0.1) is 0 Å². The number of rotatable bonds is 7. The van der Waals surface area contributed by atoms with Gasteiger partial charge < -0.3 is 10.2 Å². The van der Waals surface area contributed by atoms with Gasteiger partial charge in [-0.2, -0.15) is 0 Å². The molecule has 1 N–H and O–H groups in total. The van der Waals surface area contributed by atoms with Crippen LogP contribution in [-0.4, -0.2) is 28.8 Å². The zero-order valence-corrected chi connectivity index (χ0v) is 17.2. The van der Waals surface area contributed by atoms with Crippen molar-refractivity contribution in [2.24, 2.45) is 0 Å². The summed E-state index contributed by atoms with van der Waals surface area (Å²) in [6.45, 7) is 5.79. The van der Waals surface area contributed by atoms with Crippen molar-refractivity contribution in [3.63, 3.8) is 0 Å². The highest BCUT2D eigenvalue weighted by molar-refractivity contribution is 6.31. The van der Waals surface area contributed by atoms with Crippen LogP contribution in [0.25, 0.3) is 0 Å². The van der Waals surface area contributed by atoms with Crippen LogP contribution in [-0.2, 0) is 22.6 Å². The average Bonchev–Trinajstić information content (AvgIpc) is 2.60. The van der Waals surface area contributed by atoms with E-state index in [0.717, 1.165) is 11.1 Å². The molecule has 144 valence electrons. The maximum absolute atomic E-state index is 13.0. The summed E-state index contributed by atoms with van der Waals surface area (Å²) in [5.41, 5.74) is 1.59. The molecule has 0 aromatic heterocycles. The largest absolute Gasteiger partial charge is 0.352 e. The predicted molar refractivity (Wildman–Crippen MR) is 110 cm³/mol. The van der Waals surface area contributed by atoms with Crippen molar-refractivity contribution in [3.05, 3.63) is 69.7 Å². The van der Waals surface area contributed by atoms with Crippen LogP contribution in [0.2, 0.25) is 10.0 Å². The van der Waals surface area contributed by atoms with E-state index >= 15 is 0 Å². The van der Waals surface area contributed by atoms with Gasteiger partial charge in [0.05, 0.1) is 6.42 Å². The Labute approximate surface area is 170 Å². The van der Waals surface area contributed by atoms with E-state index in [1.807, 2.05) is 44.2 Å². The highest BCUT2D eigenvalue weighted by atomic mass is 35.5. The van der Waals surface area contributed by atoms with Crippen molar-refractivity contribution in [1.29, 1.82) is 0 Å². The molecule has 0 bridgehead atoms. The molecule has 2 aromatic rings. The van der Waals surface area contributed by atoms with Crippen LogP contribution >= 0.6 is 23.2 Å². The molecular formula is C21H24Cl2N2O2. The number of carbonyl (C=O) groups excluding carboxylic acids is 2. The van der Waals surface area contributed by atoms with Gasteiger partial charge in [-0.15, -0.1) is 0 Å². The topological polar surface area (TPSA) is 49.4 Å². The van der Waals surface area contributed by atoms with Crippen molar-refractivity contribution in [3.8, 4) is 0 Å². The number of hydrogen-bond donors (Lipinski definition) is 1. The van der Waals surface area contributed by atoms with E-state index in [9.17, 15) is 9.59 Å². The maximum Gasteiger partial charge on any atom is 0.242 e. The van der Waals surface area contributed by atoms with Gasteiger partial charge in [-0.25, -0.2) is 0 Å². The fourth-order valence-corrected chi connectivity index (χ4v) is 3.14. The first-order valence-corrected chi connectivity index (χ1v) is 9.61. The molecule has 0 aliphatic carbocycles. The molecule has 0 saturated heterocycles. The molecule has 0 fully saturated rings. The Morgan fingerprint density at radius 1 is 1.04 bits per heavy atom. The molecule has 27 heavy (non-hydrogen) atoms. The number of halogens is 2. The molecule has 0 aliphatic rings. The van der Waals surface area contributed by atoms with Crippen LogP contribution in [0.1, 0.15) is 31.9 Å². The lowest BCUT2D eigenvalue weighted by Gasteiger charge is -2.29. The lowest BCUT2D eigenvalue weighted by atomic mass is 10.1. The first-order chi connectivity index (χ1) is 12.8. The SMILES string of the molecule is CC(C)NC(=O)C(C)N(Cc1cccc(Cl)c1)C(=O)Cc1ccccc1Cl. The summed E-state index contributed by atoms with van der Waals surface area (Å²) in [5, 5.41) is 3.99. The van der Waals surface area contributed by atoms with E-state index in [2.05, 4.69) is 5.32 Å². The fourth-order valence-electron chi connectivity index (χ4n) is 2.73. The highest BCUT2D eigenvalue weighted by Gasteiger charge is 2.27. The van der Waals surface area contributed by atoms with Gasteiger partial charge in [-0.1, -0.05) is 53.5 Å². The van der Waals surface area contributed by atoms with E-state index in [0.29, 0.717) is 10.0 Å². The Balaban J connectivity index is 2.26. The van der Waals surface area contributed by atoms with Crippen molar-refractivity contribution >= 4 is 35.0 Å². The molecule has 0 saturated carbocycles. The molecule has 2 aromatic carbocycles. The summed E-state index contributed by atoms with van der Waals surface area (Å²) in [6, 6.07) is 13.9. The molecule has 6 heteroatoms. The molecule has 0 aliphatic heterocycles. The highest BCUT2D eigenvalue weighted by Crippen LogP contribution is 2.19. The van der Waals surface area contributed by atoms with Gasteiger partial charge in [-0.3, -0.25) is 9.59 Å². The first kappa shape index (κ1) is 21.3. The third kappa shape index (κ3) is 6.26. The Bertz CT molecular complexity index is 808. The van der Waals surface area contributed by atoms with Crippen LogP contribution in [0.5, 0.6) is 0 Å². The van der Waals surface area contributed by atoms with Crippen LogP contribution in [0.15, 0.2) is 48.5 Å². The lowest BCUT2D eigenvalue weighted by molar-refractivity contribution is -0.140. The molecule has 0 radical (unpaired) electrons. The number of benzene rings is 2. The summed E-state index contributed by atoms with van der Waals surface area (Å²) < 4.78 is 0. The van der Waals surface area contributed by atoms with E-state index in [1.54, 1.807) is 30.0 Å². The monoisotopic (exact) mass is 406 g/mol. The zero-order valence-electron chi connectivity index (χ0n) is 15.7. The van der Waals surface area contributed by atoms with Crippen molar-refractivity contribution in [2.75, 3.05) is 0 Å². The Morgan fingerprint density at radius 2 is 1.74 bits per heavy atom. The van der Waals surface area contributed by atoms with Gasteiger partial charge in [-0.05, 0) is 50.1 Å². The molecule has 0 heterocycles. The standard InChI is InChI=1S/C21H24Cl2N2O2/c1-14(2)24-21(27)15(3)25(13-16-7-6-9-18(22)11-16)20(26)12-17-8-4-5-10-19(17)23/h4-11,14-15H,12-13H2,1-3H3,(H,24,27). The molecule has 0 spiro atoms. The Kier molecular flexibility index (Phi) is 7.69. The van der Waals surface area contributed by atoms with Crippen molar-refractivity contribution in [1.82, 2.24) is 10.2 Å². The average molecular weight is 407 g/mol. The summed E-state index contributed by atoms with van der Waals surface area (Å²) in [7, 11) is 0. The zero-order chi connectivity index (χ0) is 20.0. The number of hydrogen-bond acceptors (Lipinski definition) is 2. The van der Waals surface area contributed by atoms with E-state index in [1.165, 1.54) is 0 Å². The number of amides is 2. The summed E-state index contributed by atoms with van der Waals surface area (Å²) in [5.74, 6) is -0.367. The van der Waals surface area contributed by atoms with Crippen LogP contribution in [0.3, 0.4) is 0 Å². The Morgan fingerprint density at radius 3 is 2.37 bits per heavy atom. The third-order valence-electron chi connectivity index (χ3n) is 4.14. The van der Waals surface area contributed by atoms with E-state index in [-0.39, 0.29) is 30.8 Å². The second-order valence-electron chi connectivity index (χ2n) is 6.76. The second kappa shape index (κ2) is 9.77. The van der Waals surface area contributed by atoms with E-state index < -0.39 is 6.04 Å². The molecule has 1 unspecified atom stereocenters. The number of carbonyl (C=O) groups is 2. The Hall–Kier alpha value is -2.04. The minimum absolute atomic E-state index is 0.00774. The first-order valence-electron chi connectivity index (χ1n) is 8.85. The third-order valence-corrected chi connectivity index (χ3v) is 4.74. The van der Waals surface area contributed by atoms with Crippen molar-refractivity contribution < 1.29 is 9.59 Å². The van der Waals surface area contributed by atoms with Gasteiger partial charge >= 0.3 is 0 Å². The quantitative estimate of drug-likeness (QED) is 0.736.